The minimum absolute atomic E-state index is 0.0913. The van der Waals surface area contributed by atoms with Crippen molar-refractivity contribution in [1.82, 2.24) is 9.97 Å². The molecule has 7 heteroatoms. The molecule has 3 rings (SSSR count). The summed E-state index contributed by atoms with van der Waals surface area (Å²) in [6.07, 6.45) is 3.44. The third-order valence-corrected chi connectivity index (χ3v) is 4.76. The van der Waals surface area contributed by atoms with Gasteiger partial charge in [0.05, 0.1) is 16.6 Å². The number of hydrogen-bond donors (Lipinski definition) is 1. The van der Waals surface area contributed by atoms with Gasteiger partial charge in [0.2, 0.25) is 0 Å². The van der Waals surface area contributed by atoms with Gasteiger partial charge in [-0.3, -0.25) is 10.1 Å². The van der Waals surface area contributed by atoms with Gasteiger partial charge in [0.1, 0.15) is 11.2 Å². The second-order valence-corrected chi connectivity index (χ2v) is 6.34. The number of nitrogens with zero attached hydrogens (tertiary/aromatic N) is 3. The SMILES string of the molecule is N#CC(Cc1ncc[nH]1)(c1ccccc1Br)c1ccccc1[N+](=O)[O-]. The quantitative estimate of drug-likeness (QED) is 0.517. The molecule has 0 saturated carbocycles. The molecule has 0 amide bonds. The van der Waals surface area contributed by atoms with Crippen LogP contribution in [0, 0.1) is 21.4 Å². The van der Waals surface area contributed by atoms with Gasteiger partial charge in [-0.1, -0.05) is 52.3 Å². The van der Waals surface area contributed by atoms with E-state index >= 15 is 0 Å². The Bertz CT molecular complexity index is 950. The lowest BCUT2D eigenvalue weighted by Gasteiger charge is -2.27. The average Bonchev–Trinajstić information content (AvgIpc) is 3.13. The van der Waals surface area contributed by atoms with Crippen LogP contribution in [0.4, 0.5) is 5.69 Å². The van der Waals surface area contributed by atoms with E-state index < -0.39 is 10.3 Å². The van der Waals surface area contributed by atoms with E-state index in [1.807, 2.05) is 18.2 Å². The van der Waals surface area contributed by atoms with Crippen LogP contribution in [0.2, 0.25) is 0 Å². The lowest BCUT2D eigenvalue weighted by Crippen LogP contribution is -2.30. The fourth-order valence-corrected chi connectivity index (χ4v) is 3.57. The molecule has 0 radical (unpaired) electrons. The maximum absolute atomic E-state index is 11.6. The number of halogens is 1. The first-order valence-electron chi connectivity index (χ1n) is 7.47. The monoisotopic (exact) mass is 396 g/mol. The molecule has 3 aromatic rings. The molecular formula is C18H13BrN4O2. The molecule has 2 aromatic carbocycles. The lowest BCUT2D eigenvalue weighted by atomic mass is 9.72. The number of benzene rings is 2. The number of hydrogen-bond acceptors (Lipinski definition) is 4. The summed E-state index contributed by atoms with van der Waals surface area (Å²) in [6, 6.07) is 15.9. The number of para-hydroxylation sites is 1. The van der Waals surface area contributed by atoms with Crippen LogP contribution in [-0.4, -0.2) is 14.9 Å². The molecule has 124 valence electrons. The summed E-state index contributed by atoms with van der Waals surface area (Å²) in [6.45, 7) is 0. The molecule has 0 saturated heterocycles. The van der Waals surface area contributed by atoms with Crippen LogP contribution in [0.1, 0.15) is 17.0 Å². The van der Waals surface area contributed by atoms with Crippen LogP contribution in [0.5, 0.6) is 0 Å². The van der Waals surface area contributed by atoms with Crippen molar-refractivity contribution in [3.8, 4) is 6.07 Å². The van der Waals surface area contributed by atoms with Gasteiger partial charge in [0.25, 0.3) is 5.69 Å². The molecule has 1 atom stereocenters. The summed E-state index contributed by atoms with van der Waals surface area (Å²) in [4.78, 5) is 18.3. The first kappa shape index (κ1) is 16.9. The third kappa shape index (κ3) is 3.04. The highest BCUT2D eigenvalue weighted by atomic mass is 79.9. The Labute approximate surface area is 152 Å². The summed E-state index contributed by atoms with van der Waals surface area (Å²) in [7, 11) is 0. The van der Waals surface area contributed by atoms with Crippen molar-refractivity contribution < 1.29 is 4.92 Å². The van der Waals surface area contributed by atoms with Gasteiger partial charge in [-0.15, -0.1) is 0 Å². The topological polar surface area (TPSA) is 95.6 Å². The van der Waals surface area contributed by atoms with E-state index in [9.17, 15) is 15.4 Å². The molecule has 0 aliphatic carbocycles. The predicted octanol–water partition coefficient (Wildman–Crippen LogP) is 4.13. The number of rotatable bonds is 5. The third-order valence-electron chi connectivity index (χ3n) is 4.07. The van der Waals surface area contributed by atoms with E-state index in [4.69, 9.17) is 0 Å². The number of H-pyrrole nitrogens is 1. The largest absolute Gasteiger partial charge is 0.349 e. The number of nitro benzene ring substituents is 1. The Morgan fingerprint density at radius 2 is 1.88 bits per heavy atom. The van der Waals surface area contributed by atoms with E-state index in [2.05, 4.69) is 32.0 Å². The van der Waals surface area contributed by atoms with Gasteiger partial charge in [-0.05, 0) is 11.6 Å². The van der Waals surface area contributed by atoms with E-state index in [-0.39, 0.29) is 12.1 Å². The fraction of sp³-hybridized carbons (Fsp3) is 0.111. The van der Waals surface area contributed by atoms with Crippen molar-refractivity contribution in [3.63, 3.8) is 0 Å². The minimum Gasteiger partial charge on any atom is -0.349 e. The van der Waals surface area contributed by atoms with Gasteiger partial charge in [-0.2, -0.15) is 5.26 Å². The number of aromatic nitrogens is 2. The highest BCUT2D eigenvalue weighted by Crippen LogP contribution is 2.42. The second kappa shape index (κ2) is 6.87. The molecule has 25 heavy (non-hydrogen) atoms. The van der Waals surface area contributed by atoms with E-state index in [1.54, 1.807) is 36.7 Å². The first-order valence-corrected chi connectivity index (χ1v) is 8.26. The maximum atomic E-state index is 11.6. The predicted molar refractivity (Wildman–Crippen MR) is 95.9 cm³/mol. The van der Waals surface area contributed by atoms with Crippen molar-refractivity contribution in [1.29, 1.82) is 5.26 Å². The fourth-order valence-electron chi connectivity index (χ4n) is 2.94. The van der Waals surface area contributed by atoms with Crippen LogP contribution in [0.3, 0.4) is 0 Å². The zero-order valence-electron chi connectivity index (χ0n) is 13.0. The van der Waals surface area contributed by atoms with Crippen molar-refractivity contribution in [2.45, 2.75) is 11.8 Å². The van der Waals surface area contributed by atoms with Crippen molar-refractivity contribution in [2.75, 3.05) is 0 Å². The molecule has 0 spiro atoms. The number of aromatic amines is 1. The van der Waals surface area contributed by atoms with E-state index in [0.29, 0.717) is 21.4 Å². The zero-order chi connectivity index (χ0) is 17.9. The molecular weight excluding hydrogens is 384 g/mol. The van der Waals surface area contributed by atoms with Crippen molar-refractivity contribution in [2.24, 2.45) is 0 Å². The van der Waals surface area contributed by atoms with Crippen LogP contribution in [-0.2, 0) is 11.8 Å². The van der Waals surface area contributed by atoms with E-state index in [0.717, 1.165) is 0 Å². The van der Waals surface area contributed by atoms with Crippen LogP contribution in [0.25, 0.3) is 0 Å². The van der Waals surface area contributed by atoms with Crippen LogP contribution < -0.4 is 0 Å². The minimum atomic E-state index is -1.26. The highest BCUT2D eigenvalue weighted by Gasteiger charge is 2.41. The molecule has 6 nitrogen and oxygen atoms in total. The molecule has 0 bridgehead atoms. The Morgan fingerprint density at radius 3 is 2.48 bits per heavy atom. The summed E-state index contributed by atoms with van der Waals surface area (Å²) in [5.41, 5.74) is -0.359. The Morgan fingerprint density at radius 1 is 1.20 bits per heavy atom. The van der Waals surface area contributed by atoms with Crippen molar-refractivity contribution in [3.05, 3.63) is 92.5 Å². The molecule has 0 aliphatic heterocycles. The number of nitro groups is 1. The van der Waals surface area contributed by atoms with E-state index in [1.165, 1.54) is 6.07 Å². The lowest BCUT2D eigenvalue weighted by molar-refractivity contribution is -0.385. The smallest absolute Gasteiger partial charge is 0.274 e. The van der Waals surface area contributed by atoms with Gasteiger partial charge in [0, 0.05) is 29.4 Å². The molecule has 1 aromatic heterocycles. The van der Waals surface area contributed by atoms with Gasteiger partial charge in [-0.25, -0.2) is 4.98 Å². The summed E-state index contributed by atoms with van der Waals surface area (Å²) >= 11 is 3.48. The maximum Gasteiger partial charge on any atom is 0.274 e. The zero-order valence-corrected chi connectivity index (χ0v) is 14.6. The first-order chi connectivity index (χ1) is 12.1. The van der Waals surface area contributed by atoms with Crippen LogP contribution in [0.15, 0.2) is 65.4 Å². The second-order valence-electron chi connectivity index (χ2n) is 5.48. The molecule has 1 unspecified atom stereocenters. The van der Waals surface area contributed by atoms with Gasteiger partial charge >= 0.3 is 0 Å². The summed E-state index contributed by atoms with van der Waals surface area (Å²) in [5, 5.41) is 21.7. The number of nitrogens with one attached hydrogen (secondary N) is 1. The normalized spacial score (nSPS) is 13.0. The summed E-state index contributed by atoms with van der Waals surface area (Å²) in [5.74, 6) is 0.579. The van der Waals surface area contributed by atoms with Crippen LogP contribution >= 0.6 is 15.9 Å². The molecule has 0 fully saturated rings. The van der Waals surface area contributed by atoms with Gasteiger partial charge in [0.15, 0.2) is 0 Å². The highest BCUT2D eigenvalue weighted by molar-refractivity contribution is 9.10. The molecule has 1 N–H and O–H groups in total. The molecule has 1 heterocycles. The standard InChI is InChI=1S/C18H13BrN4O2/c19-15-7-3-1-5-13(15)18(12-20,11-17-21-9-10-22-17)14-6-2-4-8-16(14)23(24)25/h1-10H,11H2,(H,21,22). The average molecular weight is 397 g/mol. The molecule has 0 aliphatic rings. The Hall–Kier alpha value is -2.98. The van der Waals surface area contributed by atoms with Gasteiger partial charge < -0.3 is 4.98 Å². The van der Waals surface area contributed by atoms with Crippen molar-refractivity contribution >= 4 is 21.6 Å². The number of imidazole rings is 1. The Kier molecular flexibility index (Phi) is 4.63. The summed E-state index contributed by atoms with van der Waals surface area (Å²) < 4.78 is 0.709. The number of nitriles is 1. The Balaban J connectivity index is 2.32.